The van der Waals surface area contributed by atoms with Crippen LogP contribution < -0.4 is 0 Å². The van der Waals surface area contributed by atoms with Crippen molar-refractivity contribution in [2.45, 2.75) is 58.0 Å². The minimum atomic E-state index is 1.11. The van der Waals surface area contributed by atoms with Crippen LogP contribution in [-0.4, -0.2) is 12.3 Å². The molecule has 11 heavy (non-hydrogen) atoms. The molecule has 1 fully saturated rings. The second kappa shape index (κ2) is 8.53. The lowest BCUT2D eigenvalue weighted by atomic mass is 10.0. The molecule has 0 amide bonds. The second-order valence-corrected chi connectivity index (χ2v) is 4.72. The first-order valence-electron chi connectivity index (χ1n) is 5.02. The summed E-state index contributed by atoms with van der Waals surface area (Å²) >= 11 is 0. The van der Waals surface area contributed by atoms with Gasteiger partial charge in [0.2, 0.25) is 0 Å². The van der Waals surface area contributed by atoms with Gasteiger partial charge >= 0.3 is 0 Å². The van der Waals surface area contributed by atoms with Crippen LogP contribution >= 0.6 is 8.58 Å². The summed E-state index contributed by atoms with van der Waals surface area (Å²) in [6.07, 6.45) is 8.81. The van der Waals surface area contributed by atoms with E-state index < -0.39 is 0 Å². The van der Waals surface area contributed by atoms with Gasteiger partial charge < -0.3 is 0 Å². The third-order valence-corrected chi connectivity index (χ3v) is 3.41. The third kappa shape index (κ3) is 6.81. The molecule has 68 valence electrons. The number of rotatable bonds is 1. The van der Waals surface area contributed by atoms with E-state index in [0.29, 0.717) is 0 Å². The Hall–Kier alpha value is 0.430. The Kier molecular flexibility index (Phi) is 8.86. The molecule has 0 N–H and O–H groups in total. The van der Waals surface area contributed by atoms with Gasteiger partial charge in [0.15, 0.2) is 0 Å². The summed E-state index contributed by atoms with van der Waals surface area (Å²) in [6, 6.07) is 0. The molecular weight excluding hydrogens is 151 g/mol. The summed E-state index contributed by atoms with van der Waals surface area (Å²) in [5.41, 5.74) is 1.11. The van der Waals surface area contributed by atoms with Gasteiger partial charge in [0.25, 0.3) is 0 Å². The molecule has 0 bridgehead atoms. The third-order valence-electron chi connectivity index (χ3n) is 2.01. The van der Waals surface area contributed by atoms with Crippen LogP contribution in [0, 0.1) is 0 Å². The molecule has 0 aromatic carbocycles. The molecule has 1 heteroatoms. The summed E-state index contributed by atoms with van der Waals surface area (Å²) in [5, 5.41) is 0. The highest BCUT2D eigenvalue weighted by Crippen LogP contribution is 2.29. The first-order valence-corrected chi connectivity index (χ1v) is 6.60. The van der Waals surface area contributed by atoms with Crippen LogP contribution in [0.25, 0.3) is 0 Å². The fourth-order valence-electron chi connectivity index (χ4n) is 1.39. The SMILES string of the molecule is CCC.CPC1CCCCC1. The molecule has 0 aromatic rings. The maximum Gasteiger partial charge on any atom is -0.0239 e. The molecule has 0 nitrogen and oxygen atoms in total. The van der Waals surface area contributed by atoms with E-state index in [4.69, 9.17) is 0 Å². The Morgan fingerprint density at radius 1 is 1.09 bits per heavy atom. The van der Waals surface area contributed by atoms with Gasteiger partial charge in [0.05, 0.1) is 0 Å². The van der Waals surface area contributed by atoms with E-state index in [9.17, 15) is 0 Å². The van der Waals surface area contributed by atoms with Crippen LogP contribution in [0.3, 0.4) is 0 Å². The molecule has 1 aliphatic carbocycles. The van der Waals surface area contributed by atoms with Crippen molar-refractivity contribution in [3.05, 3.63) is 0 Å². The monoisotopic (exact) mass is 174 g/mol. The Balaban J connectivity index is 0.000000292. The molecule has 0 heterocycles. The summed E-state index contributed by atoms with van der Waals surface area (Å²) in [5.74, 6) is 0. The first-order chi connectivity index (χ1) is 5.35. The Bertz CT molecular complexity index is 65.3. The van der Waals surface area contributed by atoms with Crippen molar-refractivity contribution < 1.29 is 0 Å². The molecule has 0 aromatic heterocycles. The average Bonchev–Trinajstić information content (AvgIpc) is 2.08. The minimum Gasteiger partial charge on any atom is -0.122 e. The standard InChI is InChI=1S/C7H15P.C3H8/c1-8-7-5-3-2-4-6-7;1-3-2/h7-8H,2-6H2,1H3;3H2,1-2H3. The van der Waals surface area contributed by atoms with Crippen LogP contribution in [0.5, 0.6) is 0 Å². The zero-order valence-corrected chi connectivity index (χ0v) is 9.32. The quantitative estimate of drug-likeness (QED) is 0.526. The lowest BCUT2D eigenvalue weighted by Crippen LogP contribution is -2.05. The number of hydrogen-bond donors (Lipinski definition) is 0. The predicted octanol–water partition coefficient (Wildman–Crippen LogP) is 4.04. The van der Waals surface area contributed by atoms with Gasteiger partial charge in [0, 0.05) is 0 Å². The fourth-order valence-corrected chi connectivity index (χ4v) is 2.38. The van der Waals surface area contributed by atoms with Crippen molar-refractivity contribution >= 4 is 8.58 Å². The summed E-state index contributed by atoms with van der Waals surface area (Å²) < 4.78 is 0. The molecule has 1 aliphatic rings. The van der Waals surface area contributed by atoms with Gasteiger partial charge in [-0.1, -0.05) is 39.5 Å². The van der Waals surface area contributed by atoms with E-state index in [-0.39, 0.29) is 0 Å². The highest BCUT2D eigenvalue weighted by molar-refractivity contribution is 7.37. The zero-order chi connectivity index (χ0) is 8.53. The largest absolute Gasteiger partial charge is 0.122 e. The van der Waals surface area contributed by atoms with Gasteiger partial charge in [-0.15, -0.1) is 8.58 Å². The maximum absolute atomic E-state index is 2.34. The zero-order valence-electron chi connectivity index (χ0n) is 8.32. The molecular formula is C10H23P. The number of hydrogen-bond acceptors (Lipinski definition) is 0. The molecule has 0 saturated heterocycles. The van der Waals surface area contributed by atoms with E-state index >= 15 is 0 Å². The van der Waals surface area contributed by atoms with E-state index in [0.717, 1.165) is 5.66 Å². The van der Waals surface area contributed by atoms with E-state index in [1.54, 1.807) is 0 Å². The first kappa shape index (κ1) is 11.4. The minimum absolute atomic E-state index is 1.11. The highest BCUT2D eigenvalue weighted by Gasteiger charge is 2.09. The van der Waals surface area contributed by atoms with Crippen molar-refractivity contribution in [2.75, 3.05) is 6.66 Å². The summed E-state index contributed by atoms with van der Waals surface area (Å²) in [7, 11) is 1.21. The second-order valence-electron chi connectivity index (χ2n) is 3.33. The lowest BCUT2D eigenvalue weighted by Gasteiger charge is -2.18. The average molecular weight is 174 g/mol. The molecule has 1 saturated carbocycles. The van der Waals surface area contributed by atoms with Crippen LogP contribution in [0.4, 0.5) is 0 Å². The lowest BCUT2D eigenvalue weighted by molar-refractivity contribution is 0.514. The Labute approximate surface area is 73.9 Å². The van der Waals surface area contributed by atoms with Gasteiger partial charge in [-0.3, -0.25) is 0 Å². The van der Waals surface area contributed by atoms with Crippen molar-refractivity contribution in [2.24, 2.45) is 0 Å². The van der Waals surface area contributed by atoms with Crippen molar-refractivity contribution in [3.63, 3.8) is 0 Å². The van der Waals surface area contributed by atoms with E-state index in [1.807, 2.05) is 0 Å². The van der Waals surface area contributed by atoms with Crippen molar-refractivity contribution in [1.29, 1.82) is 0 Å². The maximum atomic E-state index is 2.34. The van der Waals surface area contributed by atoms with Crippen LogP contribution in [-0.2, 0) is 0 Å². The highest BCUT2D eigenvalue weighted by atomic mass is 31.1. The molecule has 1 atom stereocenters. The predicted molar refractivity (Wildman–Crippen MR) is 57.1 cm³/mol. The van der Waals surface area contributed by atoms with Gasteiger partial charge in [-0.25, -0.2) is 0 Å². The molecule has 1 unspecified atom stereocenters. The topological polar surface area (TPSA) is 0 Å². The van der Waals surface area contributed by atoms with E-state index in [2.05, 4.69) is 20.5 Å². The normalized spacial score (nSPS) is 19.9. The van der Waals surface area contributed by atoms with Crippen molar-refractivity contribution in [3.8, 4) is 0 Å². The van der Waals surface area contributed by atoms with Crippen molar-refractivity contribution in [1.82, 2.24) is 0 Å². The van der Waals surface area contributed by atoms with Crippen LogP contribution in [0.15, 0.2) is 0 Å². The molecule has 0 spiro atoms. The van der Waals surface area contributed by atoms with Gasteiger partial charge in [-0.05, 0) is 25.2 Å². The smallest absolute Gasteiger partial charge is 0.0239 e. The van der Waals surface area contributed by atoms with Gasteiger partial charge in [-0.2, -0.15) is 0 Å². The summed E-state index contributed by atoms with van der Waals surface area (Å²) in [6.45, 7) is 6.59. The van der Waals surface area contributed by atoms with E-state index in [1.165, 1.54) is 47.1 Å². The van der Waals surface area contributed by atoms with Crippen LogP contribution in [0.1, 0.15) is 52.4 Å². The Morgan fingerprint density at radius 3 is 1.82 bits per heavy atom. The Morgan fingerprint density at radius 2 is 1.55 bits per heavy atom. The fraction of sp³-hybridized carbons (Fsp3) is 1.00. The summed E-state index contributed by atoms with van der Waals surface area (Å²) in [4.78, 5) is 0. The molecule has 0 aliphatic heterocycles. The van der Waals surface area contributed by atoms with Gasteiger partial charge in [0.1, 0.15) is 0 Å². The molecule has 0 radical (unpaired) electrons. The molecule has 1 rings (SSSR count). The van der Waals surface area contributed by atoms with Crippen LogP contribution in [0.2, 0.25) is 0 Å².